The number of nitrogens with two attached hydrogens (primary N) is 1. The van der Waals surface area contributed by atoms with Crippen LogP contribution in [-0.4, -0.2) is 28.7 Å². The average Bonchev–Trinajstić information content (AvgIpc) is 3.10. The molecule has 9 heteroatoms. The van der Waals surface area contributed by atoms with Crippen molar-refractivity contribution < 1.29 is 9.63 Å². The molecule has 1 aliphatic rings. The van der Waals surface area contributed by atoms with Crippen LogP contribution in [0.5, 0.6) is 0 Å². The summed E-state index contributed by atoms with van der Waals surface area (Å²) in [6.07, 6.45) is 2.86. The minimum atomic E-state index is -0.318. The van der Waals surface area contributed by atoms with Gasteiger partial charge in [-0.05, 0) is 26.2 Å². The van der Waals surface area contributed by atoms with E-state index in [0.29, 0.717) is 10.8 Å². The summed E-state index contributed by atoms with van der Waals surface area (Å²) in [5, 5.41) is 9.94. The zero-order valence-corrected chi connectivity index (χ0v) is 14.5. The van der Waals surface area contributed by atoms with Crippen LogP contribution in [0.4, 0.5) is 5.13 Å². The van der Waals surface area contributed by atoms with Crippen molar-refractivity contribution in [1.82, 2.24) is 15.3 Å². The van der Waals surface area contributed by atoms with Gasteiger partial charge in [-0.3, -0.25) is 4.79 Å². The van der Waals surface area contributed by atoms with E-state index in [4.69, 9.17) is 10.6 Å². The van der Waals surface area contributed by atoms with E-state index >= 15 is 0 Å². The summed E-state index contributed by atoms with van der Waals surface area (Å²) >= 11 is 2.89. The normalized spacial score (nSPS) is 17.7. The standard InChI is InChI=1S/C14H17N5O2S2/c1-7-16-8-4-3-5-9(12(8)23-7)17-13(20)11(19-21-2)10-6-22-14(15)18-10/h6,9H,3-5H2,1-2H3,(H2,15,18)(H,17,20)/b19-11-. The second kappa shape index (κ2) is 6.63. The molecule has 3 rings (SSSR count). The van der Waals surface area contributed by atoms with Gasteiger partial charge in [-0.1, -0.05) is 5.16 Å². The van der Waals surface area contributed by atoms with Gasteiger partial charge in [0.05, 0.1) is 21.6 Å². The minimum Gasteiger partial charge on any atom is -0.398 e. The molecule has 2 aromatic rings. The van der Waals surface area contributed by atoms with Crippen LogP contribution in [0.1, 0.15) is 40.2 Å². The van der Waals surface area contributed by atoms with Gasteiger partial charge in [-0.25, -0.2) is 9.97 Å². The lowest BCUT2D eigenvalue weighted by molar-refractivity contribution is -0.115. The monoisotopic (exact) mass is 351 g/mol. The van der Waals surface area contributed by atoms with E-state index in [1.165, 1.54) is 18.4 Å². The van der Waals surface area contributed by atoms with Crippen LogP contribution in [0.15, 0.2) is 10.5 Å². The summed E-state index contributed by atoms with van der Waals surface area (Å²) in [5.41, 5.74) is 7.28. The van der Waals surface area contributed by atoms with Crippen LogP contribution in [0, 0.1) is 6.92 Å². The SMILES string of the molecule is CO/N=C(\C(=O)NC1CCCc2nc(C)sc21)c1csc(N)n1. The number of hydrogen-bond acceptors (Lipinski definition) is 8. The molecule has 1 amide bonds. The number of nitrogens with zero attached hydrogens (tertiary/aromatic N) is 3. The Balaban J connectivity index is 1.82. The van der Waals surface area contributed by atoms with Crippen LogP contribution in [0.3, 0.4) is 0 Å². The quantitative estimate of drug-likeness (QED) is 0.648. The van der Waals surface area contributed by atoms with Crippen LogP contribution in [0.25, 0.3) is 0 Å². The number of carbonyl (C=O) groups excluding carboxylic acids is 1. The first-order chi connectivity index (χ1) is 11.1. The van der Waals surface area contributed by atoms with Gasteiger partial charge in [0, 0.05) is 5.38 Å². The Morgan fingerprint density at radius 1 is 1.52 bits per heavy atom. The van der Waals surface area contributed by atoms with Crippen molar-refractivity contribution in [3.05, 3.63) is 26.7 Å². The maximum atomic E-state index is 12.6. The van der Waals surface area contributed by atoms with Gasteiger partial charge >= 0.3 is 0 Å². The van der Waals surface area contributed by atoms with E-state index in [1.807, 2.05) is 6.92 Å². The molecule has 0 aromatic carbocycles. The van der Waals surface area contributed by atoms with Crippen LogP contribution < -0.4 is 11.1 Å². The molecule has 2 aromatic heterocycles. The lowest BCUT2D eigenvalue weighted by Crippen LogP contribution is -2.36. The predicted octanol–water partition coefficient (Wildman–Crippen LogP) is 2.03. The number of nitrogens with one attached hydrogen (secondary N) is 1. The smallest absolute Gasteiger partial charge is 0.276 e. The van der Waals surface area contributed by atoms with Gasteiger partial charge in [0.2, 0.25) is 0 Å². The topological polar surface area (TPSA) is 102 Å². The molecular weight excluding hydrogens is 334 g/mol. The molecule has 3 N–H and O–H groups in total. The summed E-state index contributed by atoms with van der Waals surface area (Å²) in [5.74, 6) is -0.318. The maximum absolute atomic E-state index is 12.6. The predicted molar refractivity (Wildman–Crippen MR) is 90.7 cm³/mol. The van der Waals surface area contributed by atoms with E-state index in [2.05, 4.69) is 20.4 Å². The average molecular weight is 351 g/mol. The minimum absolute atomic E-state index is 0.0458. The molecule has 0 saturated heterocycles. The number of nitrogen functional groups attached to an aromatic ring is 1. The van der Waals surface area contributed by atoms with E-state index in [-0.39, 0.29) is 17.7 Å². The molecule has 1 atom stereocenters. The first-order valence-electron chi connectivity index (χ1n) is 7.18. The number of anilines is 1. The summed E-state index contributed by atoms with van der Waals surface area (Å²) in [6, 6.07) is -0.0458. The Kier molecular flexibility index (Phi) is 4.58. The third kappa shape index (κ3) is 3.35. The third-order valence-electron chi connectivity index (χ3n) is 3.52. The summed E-state index contributed by atoms with van der Waals surface area (Å²) in [4.78, 5) is 27.2. The highest BCUT2D eigenvalue weighted by Gasteiger charge is 2.28. The highest BCUT2D eigenvalue weighted by atomic mass is 32.1. The summed E-state index contributed by atoms with van der Waals surface area (Å²) in [7, 11) is 1.40. The highest BCUT2D eigenvalue weighted by molar-refractivity contribution is 7.13. The number of aromatic nitrogens is 2. The molecule has 0 bridgehead atoms. The number of hydrogen-bond donors (Lipinski definition) is 2. The zero-order chi connectivity index (χ0) is 16.4. The number of fused-ring (bicyclic) bond motifs is 1. The Morgan fingerprint density at radius 2 is 2.35 bits per heavy atom. The molecule has 2 heterocycles. The fraction of sp³-hybridized carbons (Fsp3) is 0.429. The fourth-order valence-corrected chi connectivity index (χ4v) is 4.21. The number of amides is 1. The second-order valence-corrected chi connectivity index (χ2v) is 7.28. The molecule has 23 heavy (non-hydrogen) atoms. The van der Waals surface area contributed by atoms with Crippen molar-refractivity contribution >= 4 is 39.4 Å². The van der Waals surface area contributed by atoms with Gasteiger partial charge in [-0.2, -0.15) is 0 Å². The van der Waals surface area contributed by atoms with E-state index in [9.17, 15) is 4.79 Å². The molecular formula is C14H17N5O2S2. The molecule has 1 aliphatic carbocycles. The second-order valence-electron chi connectivity index (χ2n) is 5.16. The van der Waals surface area contributed by atoms with Crippen molar-refractivity contribution in [2.45, 2.75) is 32.2 Å². The van der Waals surface area contributed by atoms with Gasteiger partial charge in [0.1, 0.15) is 12.8 Å². The van der Waals surface area contributed by atoms with Gasteiger partial charge in [-0.15, -0.1) is 22.7 Å². The number of oxime groups is 1. The van der Waals surface area contributed by atoms with E-state index in [0.717, 1.165) is 34.8 Å². The number of aryl methyl sites for hydroxylation is 2. The van der Waals surface area contributed by atoms with Crippen molar-refractivity contribution in [1.29, 1.82) is 0 Å². The van der Waals surface area contributed by atoms with Gasteiger partial charge in [0.25, 0.3) is 5.91 Å². The lowest BCUT2D eigenvalue weighted by Gasteiger charge is -2.22. The Bertz CT molecular complexity index is 752. The largest absolute Gasteiger partial charge is 0.398 e. The summed E-state index contributed by atoms with van der Waals surface area (Å²) < 4.78 is 0. The Morgan fingerprint density at radius 3 is 3.04 bits per heavy atom. The molecule has 0 radical (unpaired) electrons. The summed E-state index contributed by atoms with van der Waals surface area (Å²) in [6.45, 7) is 1.98. The van der Waals surface area contributed by atoms with E-state index in [1.54, 1.807) is 16.7 Å². The lowest BCUT2D eigenvalue weighted by atomic mass is 9.98. The fourth-order valence-electron chi connectivity index (χ4n) is 2.60. The number of rotatable bonds is 4. The van der Waals surface area contributed by atoms with Crippen molar-refractivity contribution in [2.24, 2.45) is 5.16 Å². The van der Waals surface area contributed by atoms with E-state index < -0.39 is 0 Å². The molecule has 0 spiro atoms. The highest BCUT2D eigenvalue weighted by Crippen LogP contribution is 2.34. The number of thiazole rings is 2. The van der Waals surface area contributed by atoms with Crippen LogP contribution >= 0.6 is 22.7 Å². The third-order valence-corrected chi connectivity index (χ3v) is 5.33. The molecule has 122 valence electrons. The molecule has 0 aliphatic heterocycles. The molecule has 7 nitrogen and oxygen atoms in total. The Hall–Kier alpha value is -2.00. The van der Waals surface area contributed by atoms with Crippen molar-refractivity contribution in [2.75, 3.05) is 12.8 Å². The van der Waals surface area contributed by atoms with Crippen molar-refractivity contribution in [3.63, 3.8) is 0 Å². The first kappa shape index (κ1) is 15.9. The van der Waals surface area contributed by atoms with Crippen molar-refractivity contribution in [3.8, 4) is 0 Å². The Labute approximate surface area is 141 Å². The number of carbonyl (C=O) groups is 1. The zero-order valence-electron chi connectivity index (χ0n) is 12.8. The van der Waals surface area contributed by atoms with Gasteiger partial charge in [0.15, 0.2) is 10.8 Å². The molecule has 0 saturated carbocycles. The van der Waals surface area contributed by atoms with Crippen LogP contribution in [-0.2, 0) is 16.1 Å². The molecule has 0 fully saturated rings. The maximum Gasteiger partial charge on any atom is 0.276 e. The van der Waals surface area contributed by atoms with Gasteiger partial charge < -0.3 is 15.9 Å². The van der Waals surface area contributed by atoms with Crippen LogP contribution in [0.2, 0.25) is 0 Å². The first-order valence-corrected chi connectivity index (χ1v) is 8.87. The molecule has 1 unspecified atom stereocenters.